The highest BCUT2D eigenvalue weighted by Crippen LogP contribution is 2.29. The number of amides is 1. The van der Waals surface area contributed by atoms with Gasteiger partial charge in [-0.1, -0.05) is 17.7 Å². The molecule has 1 aromatic heterocycles. The van der Waals surface area contributed by atoms with Crippen LogP contribution in [0.4, 0.5) is 0 Å². The van der Waals surface area contributed by atoms with Gasteiger partial charge in [-0.05, 0) is 46.3 Å². The predicted molar refractivity (Wildman–Crippen MR) is 109 cm³/mol. The lowest BCUT2D eigenvalue weighted by Gasteiger charge is -2.33. The first-order valence-electron chi connectivity index (χ1n) is 8.28. The van der Waals surface area contributed by atoms with Crippen molar-refractivity contribution in [3.63, 3.8) is 0 Å². The number of thiophene rings is 1. The smallest absolute Gasteiger partial charge is 0.252 e. The Morgan fingerprint density at radius 2 is 1.93 bits per heavy atom. The molecule has 0 aliphatic carbocycles. The van der Waals surface area contributed by atoms with Crippen LogP contribution < -0.4 is 4.74 Å². The van der Waals surface area contributed by atoms with E-state index in [1.165, 1.54) is 15.6 Å². The minimum Gasteiger partial charge on any atom is -0.493 e. The number of hydrogen-bond acceptors (Lipinski definition) is 5. The van der Waals surface area contributed by atoms with Crippen molar-refractivity contribution >= 4 is 54.8 Å². The number of carbonyl (C=O) groups excluding carboxylic acids is 1. The molecule has 10 heteroatoms. The molecule has 3 rings (SSSR count). The number of rotatable bonds is 6. The Morgan fingerprint density at radius 1 is 1.19 bits per heavy atom. The Labute approximate surface area is 175 Å². The average molecular weight is 494 g/mol. The minimum absolute atomic E-state index is 0.0482. The molecule has 6 nitrogen and oxygen atoms in total. The van der Waals surface area contributed by atoms with Crippen molar-refractivity contribution in [2.24, 2.45) is 0 Å². The zero-order valence-corrected chi connectivity index (χ0v) is 18.3. The highest BCUT2D eigenvalue weighted by molar-refractivity contribution is 9.11. The molecule has 146 valence electrons. The number of nitrogens with zero attached hydrogens (tertiary/aromatic N) is 2. The second kappa shape index (κ2) is 8.91. The number of ether oxygens (including phenoxy) is 1. The fraction of sp³-hybridized carbons (Fsp3) is 0.353. The molecular formula is C17H18BrClN2O4S2. The van der Waals surface area contributed by atoms with Crippen LogP contribution >= 0.6 is 38.9 Å². The molecule has 1 saturated heterocycles. The van der Waals surface area contributed by atoms with E-state index in [4.69, 9.17) is 16.3 Å². The van der Waals surface area contributed by atoms with Crippen molar-refractivity contribution in [3.05, 3.63) is 45.2 Å². The third-order valence-electron chi connectivity index (χ3n) is 4.11. The van der Waals surface area contributed by atoms with Crippen LogP contribution in [0.3, 0.4) is 0 Å². The summed E-state index contributed by atoms with van der Waals surface area (Å²) in [5, 5.41) is 0.578. The van der Waals surface area contributed by atoms with Crippen LogP contribution in [0.15, 0.2) is 44.4 Å². The predicted octanol–water partition coefficient (Wildman–Crippen LogP) is 3.47. The average Bonchev–Trinajstić information content (AvgIpc) is 3.09. The maximum absolute atomic E-state index is 12.6. The lowest BCUT2D eigenvalue weighted by atomic mass is 10.3. The summed E-state index contributed by atoms with van der Waals surface area (Å²) < 4.78 is 33.3. The molecule has 0 spiro atoms. The van der Waals surface area contributed by atoms with Crippen LogP contribution in [-0.2, 0) is 14.8 Å². The van der Waals surface area contributed by atoms with Gasteiger partial charge in [-0.3, -0.25) is 4.79 Å². The molecule has 1 fully saturated rings. The van der Waals surface area contributed by atoms with Gasteiger partial charge >= 0.3 is 0 Å². The summed E-state index contributed by atoms with van der Waals surface area (Å²) in [6.07, 6.45) is 0.233. The summed E-state index contributed by atoms with van der Waals surface area (Å²) in [4.78, 5) is 14.0. The lowest BCUT2D eigenvalue weighted by Crippen LogP contribution is -2.50. The van der Waals surface area contributed by atoms with Crippen molar-refractivity contribution in [2.45, 2.75) is 10.6 Å². The first-order chi connectivity index (χ1) is 12.9. The quantitative estimate of drug-likeness (QED) is 0.618. The van der Waals surface area contributed by atoms with Crippen LogP contribution in [-0.4, -0.2) is 56.3 Å². The Bertz CT molecular complexity index is 911. The zero-order valence-electron chi connectivity index (χ0n) is 14.3. The maximum Gasteiger partial charge on any atom is 0.252 e. The number of benzene rings is 1. The summed E-state index contributed by atoms with van der Waals surface area (Å²) in [5.74, 6) is 0.571. The van der Waals surface area contributed by atoms with E-state index in [2.05, 4.69) is 15.9 Å². The Balaban J connectivity index is 1.48. The summed E-state index contributed by atoms with van der Waals surface area (Å²) in [6, 6.07) is 10.3. The number of hydrogen-bond donors (Lipinski definition) is 0. The molecule has 1 amide bonds. The van der Waals surface area contributed by atoms with Crippen LogP contribution in [0, 0.1) is 0 Å². The lowest BCUT2D eigenvalue weighted by molar-refractivity contribution is -0.132. The van der Waals surface area contributed by atoms with Gasteiger partial charge in [-0.15, -0.1) is 11.3 Å². The highest BCUT2D eigenvalue weighted by Gasteiger charge is 2.30. The number of halogens is 2. The van der Waals surface area contributed by atoms with E-state index < -0.39 is 10.0 Å². The summed E-state index contributed by atoms with van der Waals surface area (Å²) in [7, 11) is -3.50. The van der Waals surface area contributed by atoms with E-state index in [1.54, 1.807) is 41.3 Å². The van der Waals surface area contributed by atoms with E-state index in [0.717, 1.165) is 3.79 Å². The summed E-state index contributed by atoms with van der Waals surface area (Å²) >= 11 is 10.4. The van der Waals surface area contributed by atoms with Crippen molar-refractivity contribution < 1.29 is 17.9 Å². The van der Waals surface area contributed by atoms with Gasteiger partial charge in [-0.25, -0.2) is 8.42 Å². The van der Waals surface area contributed by atoms with E-state index in [1.807, 2.05) is 0 Å². The zero-order chi connectivity index (χ0) is 19.4. The Kier molecular flexibility index (Phi) is 6.80. The summed E-state index contributed by atoms with van der Waals surface area (Å²) in [6.45, 7) is 1.59. The molecule has 2 aromatic rings. The van der Waals surface area contributed by atoms with Crippen molar-refractivity contribution in [1.82, 2.24) is 9.21 Å². The minimum atomic E-state index is -3.50. The molecule has 1 aliphatic heterocycles. The molecular weight excluding hydrogens is 476 g/mol. The maximum atomic E-state index is 12.6. The van der Waals surface area contributed by atoms with E-state index in [9.17, 15) is 13.2 Å². The first kappa shape index (κ1) is 20.6. The topological polar surface area (TPSA) is 66.9 Å². The van der Waals surface area contributed by atoms with Gasteiger partial charge in [0.2, 0.25) is 5.91 Å². The SMILES string of the molecule is O=C(CCOc1cccc(Cl)c1)N1CCN(S(=O)(=O)c2ccc(Br)s2)CC1. The fourth-order valence-corrected chi connectivity index (χ4v) is 6.48. The van der Waals surface area contributed by atoms with Crippen molar-refractivity contribution in [1.29, 1.82) is 0 Å². The van der Waals surface area contributed by atoms with Gasteiger partial charge in [0.25, 0.3) is 10.0 Å². The van der Waals surface area contributed by atoms with Crippen LogP contribution in [0.2, 0.25) is 5.02 Å². The van der Waals surface area contributed by atoms with Gasteiger partial charge < -0.3 is 9.64 Å². The Morgan fingerprint density at radius 3 is 2.56 bits per heavy atom. The monoisotopic (exact) mass is 492 g/mol. The molecule has 27 heavy (non-hydrogen) atoms. The van der Waals surface area contributed by atoms with Crippen LogP contribution in [0.25, 0.3) is 0 Å². The van der Waals surface area contributed by atoms with E-state index >= 15 is 0 Å². The number of carbonyl (C=O) groups is 1. The normalized spacial score (nSPS) is 15.7. The molecule has 0 unspecified atom stereocenters. The van der Waals surface area contributed by atoms with E-state index in [-0.39, 0.29) is 18.9 Å². The van der Waals surface area contributed by atoms with Gasteiger partial charge in [0.15, 0.2) is 0 Å². The van der Waals surface area contributed by atoms with Crippen molar-refractivity contribution in [3.8, 4) is 5.75 Å². The number of piperazine rings is 1. The fourth-order valence-electron chi connectivity index (χ4n) is 2.71. The molecule has 0 N–H and O–H groups in total. The van der Waals surface area contributed by atoms with Crippen molar-refractivity contribution in [2.75, 3.05) is 32.8 Å². The standard InChI is InChI=1S/C17H18BrClN2O4S2/c18-15-4-5-17(26-15)27(23,24)21-9-7-20(8-10-21)16(22)6-11-25-14-3-1-2-13(19)12-14/h1-5,12H,6-11H2. The molecule has 0 atom stereocenters. The summed E-state index contributed by atoms with van der Waals surface area (Å²) in [5.41, 5.74) is 0. The van der Waals surface area contributed by atoms with Gasteiger partial charge in [-0.2, -0.15) is 4.31 Å². The highest BCUT2D eigenvalue weighted by atomic mass is 79.9. The molecule has 0 radical (unpaired) electrons. The molecule has 1 aliphatic rings. The third kappa shape index (κ3) is 5.23. The van der Waals surface area contributed by atoms with Crippen LogP contribution in [0.5, 0.6) is 5.75 Å². The van der Waals surface area contributed by atoms with Gasteiger partial charge in [0.05, 0.1) is 16.8 Å². The Hall–Kier alpha value is -1.13. The molecule has 0 bridgehead atoms. The first-order valence-corrected chi connectivity index (χ1v) is 11.7. The third-order valence-corrected chi connectivity index (χ3v) is 8.34. The number of sulfonamides is 1. The van der Waals surface area contributed by atoms with E-state index in [0.29, 0.717) is 41.2 Å². The molecule has 1 aromatic carbocycles. The van der Waals surface area contributed by atoms with Gasteiger partial charge in [0, 0.05) is 31.2 Å². The molecule has 0 saturated carbocycles. The second-order valence-corrected chi connectivity index (χ2v) is 11.0. The van der Waals surface area contributed by atoms with Crippen LogP contribution in [0.1, 0.15) is 6.42 Å². The van der Waals surface area contributed by atoms with Gasteiger partial charge in [0.1, 0.15) is 9.96 Å². The second-order valence-electron chi connectivity index (χ2n) is 5.90. The largest absolute Gasteiger partial charge is 0.493 e. The molecule has 2 heterocycles.